The summed E-state index contributed by atoms with van der Waals surface area (Å²) in [5.41, 5.74) is 1.34. The van der Waals surface area contributed by atoms with E-state index in [0.29, 0.717) is 23.7 Å². The first-order valence-corrected chi connectivity index (χ1v) is 9.56. The average Bonchev–Trinajstić information content (AvgIpc) is 2.78. The van der Waals surface area contributed by atoms with Crippen LogP contribution in [0, 0.1) is 0 Å². The number of phenols is 2. The molecule has 0 aromatic heterocycles. The summed E-state index contributed by atoms with van der Waals surface area (Å²) in [6.45, 7) is 0.307. The molecule has 0 aliphatic heterocycles. The van der Waals surface area contributed by atoms with E-state index in [1.807, 2.05) is 30.3 Å². The molecule has 3 rings (SSSR count). The van der Waals surface area contributed by atoms with Crippen LogP contribution >= 0.6 is 0 Å². The van der Waals surface area contributed by atoms with Gasteiger partial charge in [0.25, 0.3) is 0 Å². The molecule has 7 heteroatoms. The Morgan fingerprint density at radius 2 is 1.68 bits per heavy atom. The molecule has 0 amide bonds. The lowest BCUT2D eigenvalue weighted by atomic mass is 9.96. The van der Waals surface area contributed by atoms with Crippen molar-refractivity contribution in [2.75, 3.05) is 14.2 Å². The lowest BCUT2D eigenvalue weighted by Gasteiger charge is -2.22. The number of hydrogen-bond acceptors (Lipinski definition) is 7. The Balaban J connectivity index is 1.85. The van der Waals surface area contributed by atoms with E-state index >= 15 is 0 Å². The number of carbonyl (C=O) groups is 1. The highest BCUT2D eigenvalue weighted by Crippen LogP contribution is 2.34. The SMILES string of the molecule is COc1ccc(C(OC)C(O)C(=O)c2ccc(O)cc2O)cc1OCc1ccccc1. The summed E-state index contributed by atoms with van der Waals surface area (Å²) < 4.78 is 16.6. The van der Waals surface area contributed by atoms with Gasteiger partial charge in [-0.1, -0.05) is 36.4 Å². The number of benzene rings is 3. The molecule has 31 heavy (non-hydrogen) atoms. The molecule has 0 spiro atoms. The number of aliphatic hydroxyl groups is 1. The van der Waals surface area contributed by atoms with Crippen LogP contribution in [-0.2, 0) is 11.3 Å². The summed E-state index contributed by atoms with van der Waals surface area (Å²) in [6.07, 6.45) is -2.62. The van der Waals surface area contributed by atoms with Gasteiger partial charge in [0.15, 0.2) is 17.3 Å². The molecule has 3 N–H and O–H groups in total. The fraction of sp³-hybridized carbons (Fsp3) is 0.208. The molecule has 0 heterocycles. The van der Waals surface area contributed by atoms with Crippen LogP contribution in [0.25, 0.3) is 0 Å². The van der Waals surface area contributed by atoms with Crippen LogP contribution in [-0.4, -0.2) is 41.4 Å². The van der Waals surface area contributed by atoms with Gasteiger partial charge in [-0.05, 0) is 35.4 Å². The molecule has 3 aromatic rings. The van der Waals surface area contributed by atoms with Crippen molar-refractivity contribution in [2.24, 2.45) is 0 Å². The molecule has 0 aliphatic rings. The molecule has 0 saturated heterocycles. The van der Waals surface area contributed by atoms with E-state index in [1.165, 1.54) is 26.4 Å². The number of carbonyl (C=O) groups excluding carboxylic acids is 1. The third kappa shape index (κ3) is 5.14. The summed E-state index contributed by atoms with van der Waals surface area (Å²) in [7, 11) is 2.89. The number of methoxy groups -OCH3 is 2. The molecule has 0 fully saturated rings. The predicted molar refractivity (Wildman–Crippen MR) is 114 cm³/mol. The lowest BCUT2D eigenvalue weighted by molar-refractivity contribution is -0.00456. The third-order valence-corrected chi connectivity index (χ3v) is 4.81. The predicted octanol–water partition coefficient (Wildman–Crippen LogP) is 3.62. The quantitative estimate of drug-likeness (QED) is 0.451. The highest BCUT2D eigenvalue weighted by molar-refractivity contribution is 6.02. The molecule has 0 radical (unpaired) electrons. The molecular formula is C24H24O7. The Kier molecular flexibility index (Phi) is 7.12. The zero-order valence-electron chi connectivity index (χ0n) is 17.2. The van der Waals surface area contributed by atoms with E-state index in [1.54, 1.807) is 18.2 Å². The number of rotatable bonds is 9. The van der Waals surface area contributed by atoms with Crippen molar-refractivity contribution in [3.8, 4) is 23.0 Å². The molecule has 2 atom stereocenters. The van der Waals surface area contributed by atoms with Crippen molar-refractivity contribution in [2.45, 2.75) is 18.8 Å². The molecule has 162 valence electrons. The third-order valence-electron chi connectivity index (χ3n) is 4.81. The summed E-state index contributed by atoms with van der Waals surface area (Å²) in [6, 6.07) is 18.1. The van der Waals surface area contributed by atoms with Gasteiger partial charge in [-0.15, -0.1) is 0 Å². The van der Waals surface area contributed by atoms with Gasteiger partial charge in [0.05, 0.1) is 12.7 Å². The summed E-state index contributed by atoms with van der Waals surface area (Å²) >= 11 is 0. The van der Waals surface area contributed by atoms with Crippen molar-refractivity contribution < 1.29 is 34.3 Å². The largest absolute Gasteiger partial charge is 0.508 e. The Bertz CT molecular complexity index is 1030. The zero-order chi connectivity index (χ0) is 22.4. The lowest BCUT2D eigenvalue weighted by Crippen LogP contribution is -2.29. The Labute approximate surface area is 180 Å². The second-order valence-electron chi connectivity index (χ2n) is 6.85. The van der Waals surface area contributed by atoms with Gasteiger partial charge >= 0.3 is 0 Å². The smallest absolute Gasteiger partial charge is 0.198 e. The van der Waals surface area contributed by atoms with Crippen molar-refractivity contribution in [1.29, 1.82) is 0 Å². The minimum Gasteiger partial charge on any atom is -0.508 e. The van der Waals surface area contributed by atoms with Gasteiger partial charge in [-0.25, -0.2) is 0 Å². The molecular weight excluding hydrogens is 400 g/mol. The van der Waals surface area contributed by atoms with Gasteiger partial charge in [-0.3, -0.25) is 4.79 Å². The average molecular weight is 424 g/mol. The molecule has 0 saturated carbocycles. The Morgan fingerprint density at radius 3 is 2.32 bits per heavy atom. The van der Waals surface area contributed by atoms with E-state index in [0.717, 1.165) is 11.6 Å². The number of ketones is 1. The van der Waals surface area contributed by atoms with Crippen molar-refractivity contribution >= 4 is 5.78 Å². The number of hydrogen-bond donors (Lipinski definition) is 3. The normalized spacial score (nSPS) is 12.7. The molecule has 3 aromatic carbocycles. The summed E-state index contributed by atoms with van der Waals surface area (Å²) in [5.74, 6) is -0.445. The van der Waals surface area contributed by atoms with E-state index in [9.17, 15) is 20.1 Å². The zero-order valence-corrected chi connectivity index (χ0v) is 17.2. The molecule has 0 aliphatic carbocycles. The highest BCUT2D eigenvalue weighted by atomic mass is 16.5. The Morgan fingerprint density at radius 1 is 0.935 bits per heavy atom. The van der Waals surface area contributed by atoms with Gasteiger partial charge < -0.3 is 29.5 Å². The number of aliphatic hydroxyl groups excluding tert-OH is 1. The van der Waals surface area contributed by atoms with Crippen LogP contribution in [0.3, 0.4) is 0 Å². The van der Waals surface area contributed by atoms with Gasteiger partial charge in [0.1, 0.15) is 30.3 Å². The van der Waals surface area contributed by atoms with E-state index in [2.05, 4.69) is 0 Å². The maximum absolute atomic E-state index is 12.7. The fourth-order valence-electron chi connectivity index (χ4n) is 3.19. The van der Waals surface area contributed by atoms with Crippen molar-refractivity contribution in [3.63, 3.8) is 0 Å². The number of phenolic OH excluding ortho intramolecular Hbond substituents is 2. The van der Waals surface area contributed by atoms with Crippen LogP contribution in [0.4, 0.5) is 0 Å². The number of Topliss-reactive ketones (excluding diaryl/α,β-unsaturated/α-hetero) is 1. The van der Waals surface area contributed by atoms with Gasteiger partial charge in [0, 0.05) is 13.2 Å². The van der Waals surface area contributed by atoms with Gasteiger partial charge in [-0.2, -0.15) is 0 Å². The number of aromatic hydroxyl groups is 2. The molecule has 7 nitrogen and oxygen atoms in total. The number of ether oxygens (including phenoxy) is 3. The monoisotopic (exact) mass is 424 g/mol. The summed E-state index contributed by atoms with van der Waals surface area (Å²) in [5, 5.41) is 30.1. The van der Waals surface area contributed by atoms with Crippen molar-refractivity contribution in [3.05, 3.63) is 83.4 Å². The molecule has 2 unspecified atom stereocenters. The topological polar surface area (TPSA) is 105 Å². The first-order chi connectivity index (χ1) is 14.9. The first-order valence-electron chi connectivity index (χ1n) is 9.56. The van der Waals surface area contributed by atoms with E-state index < -0.39 is 23.7 Å². The standard InChI is InChI=1S/C24H24O7/c1-29-20-11-8-16(12-21(20)31-14-15-6-4-3-5-7-15)24(30-2)23(28)22(27)18-10-9-17(25)13-19(18)26/h3-13,23-26,28H,14H2,1-2H3. The maximum atomic E-state index is 12.7. The fourth-order valence-corrected chi connectivity index (χ4v) is 3.19. The maximum Gasteiger partial charge on any atom is 0.198 e. The van der Waals surface area contributed by atoms with Crippen LogP contribution in [0.15, 0.2) is 66.7 Å². The highest BCUT2D eigenvalue weighted by Gasteiger charge is 2.30. The van der Waals surface area contributed by atoms with E-state index in [-0.39, 0.29) is 11.3 Å². The van der Waals surface area contributed by atoms with Crippen LogP contribution in [0.2, 0.25) is 0 Å². The van der Waals surface area contributed by atoms with Crippen molar-refractivity contribution in [1.82, 2.24) is 0 Å². The van der Waals surface area contributed by atoms with Crippen LogP contribution in [0.5, 0.6) is 23.0 Å². The van der Waals surface area contributed by atoms with Gasteiger partial charge in [0.2, 0.25) is 0 Å². The summed E-state index contributed by atoms with van der Waals surface area (Å²) in [4.78, 5) is 12.7. The minimum atomic E-state index is -1.60. The van der Waals surface area contributed by atoms with Crippen LogP contribution in [0.1, 0.15) is 27.6 Å². The Hall–Kier alpha value is -3.55. The molecule has 0 bridgehead atoms. The minimum absolute atomic E-state index is 0.124. The first kappa shape index (κ1) is 22.1. The second kappa shape index (κ2) is 9.97. The second-order valence-corrected chi connectivity index (χ2v) is 6.85. The van der Waals surface area contributed by atoms with Crippen LogP contribution < -0.4 is 9.47 Å². The van der Waals surface area contributed by atoms with E-state index in [4.69, 9.17) is 14.2 Å².